The van der Waals surface area contributed by atoms with E-state index in [2.05, 4.69) is 5.32 Å². The predicted molar refractivity (Wildman–Crippen MR) is 60.3 cm³/mol. The third-order valence-electron chi connectivity index (χ3n) is 1.73. The van der Waals surface area contributed by atoms with Crippen molar-refractivity contribution in [2.24, 2.45) is 5.73 Å². The standard InChI is InChI=1S/C11H13N3O/c1-8-3-2-4-9(7-8)5-6-10(15)14-11(12)13/h2-7H,1H3,(H4,12,13,14,15). The van der Waals surface area contributed by atoms with Gasteiger partial charge >= 0.3 is 0 Å². The normalized spacial score (nSPS) is 10.2. The molecule has 0 atom stereocenters. The number of nitrogens with one attached hydrogen (secondary N) is 2. The molecule has 78 valence electrons. The van der Waals surface area contributed by atoms with Crippen LogP contribution in [0.4, 0.5) is 0 Å². The number of hydrogen-bond acceptors (Lipinski definition) is 2. The molecule has 0 saturated heterocycles. The van der Waals surface area contributed by atoms with Crippen molar-refractivity contribution in [1.29, 1.82) is 5.41 Å². The number of aryl methyl sites for hydroxylation is 1. The van der Waals surface area contributed by atoms with Crippen molar-refractivity contribution in [3.05, 3.63) is 41.5 Å². The number of benzene rings is 1. The Morgan fingerprint density at radius 2 is 2.27 bits per heavy atom. The van der Waals surface area contributed by atoms with Crippen molar-refractivity contribution in [3.63, 3.8) is 0 Å². The maximum atomic E-state index is 11.1. The van der Waals surface area contributed by atoms with Crippen LogP contribution in [0.3, 0.4) is 0 Å². The Kier molecular flexibility index (Phi) is 3.62. The molecule has 0 spiro atoms. The van der Waals surface area contributed by atoms with Crippen LogP contribution in [0.5, 0.6) is 0 Å². The highest BCUT2D eigenvalue weighted by Gasteiger charge is 1.95. The number of rotatable bonds is 2. The Labute approximate surface area is 88.3 Å². The van der Waals surface area contributed by atoms with Gasteiger partial charge in [-0.05, 0) is 18.6 Å². The lowest BCUT2D eigenvalue weighted by Crippen LogP contribution is -2.34. The van der Waals surface area contributed by atoms with Crippen LogP contribution < -0.4 is 11.1 Å². The van der Waals surface area contributed by atoms with E-state index in [9.17, 15) is 4.79 Å². The molecule has 1 amide bonds. The van der Waals surface area contributed by atoms with E-state index in [0.717, 1.165) is 11.1 Å². The van der Waals surface area contributed by atoms with Crippen LogP contribution in [0, 0.1) is 12.3 Å². The van der Waals surface area contributed by atoms with Crippen molar-refractivity contribution in [1.82, 2.24) is 5.32 Å². The fourth-order valence-corrected chi connectivity index (χ4v) is 1.12. The number of hydrogen-bond donors (Lipinski definition) is 3. The summed E-state index contributed by atoms with van der Waals surface area (Å²) in [5.74, 6) is -0.752. The molecule has 15 heavy (non-hydrogen) atoms. The van der Waals surface area contributed by atoms with Crippen molar-refractivity contribution in [2.75, 3.05) is 0 Å². The van der Waals surface area contributed by atoms with E-state index in [1.807, 2.05) is 31.2 Å². The summed E-state index contributed by atoms with van der Waals surface area (Å²) in [6.45, 7) is 1.98. The molecule has 4 heteroatoms. The first kappa shape index (κ1) is 11.0. The number of nitrogens with two attached hydrogens (primary N) is 1. The first-order chi connectivity index (χ1) is 7.08. The molecule has 0 unspecified atom stereocenters. The second-order valence-electron chi connectivity index (χ2n) is 3.15. The smallest absolute Gasteiger partial charge is 0.250 e. The van der Waals surface area contributed by atoms with Gasteiger partial charge < -0.3 is 5.73 Å². The van der Waals surface area contributed by atoms with Gasteiger partial charge in [0.1, 0.15) is 0 Å². The van der Waals surface area contributed by atoms with Crippen LogP contribution in [0.15, 0.2) is 30.3 Å². The molecule has 0 aliphatic heterocycles. The summed E-state index contributed by atoms with van der Waals surface area (Å²) in [4.78, 5) is 11.1. The van der Waals surface area contributed by atoms with Gasteiger partial charge in [-0.15, -0.1) is 0 Å². The van der Waals surface area contributed by atoms with E-state index in [1.54, 1.807) is 6.08 Å². The molecular formula is C11H13N3O. The summed E-state index contributed by atoms with van der Waals surface area (Å²) >= 11 is 0. The van der Waals surface area contributed by atoms with Crippen LogP contribution in [0.25, 0.3) is 6.08 Å². The van der Waals surface area contributed by atoms with Gasteiger partial charge in [0.2, 0.25) is 0 Å². The van der Waals surface area contributed by atoms with Gasteiger partial charge in [0, 0.05) is 6.08 Å². The van der Waals surface area contributed by atoms with Crippen molar-refractivity contribution in [2.45, 2.75) is 6.92 Å². The van der Waals surface area contributed by atoms with Gasteiger partial charge in [0.05, 0.1) is 0 Å². The molecule has 0 saturated carbocycles. The van der Waals surface area contributed by atoms with E-state index in [0.29, 0.717) is 0 Å². The van der Waals surface area contributed by atoms with E-state index >= 15 is 0 Å². The summed E-state index contributed by atoms with van der Waals surface area (Å²) < 4.78 is 0. The Balaban J connectivity index is 2.65. The molecule has 0 fully saturated rings. The molecule has 1 rings (SSSR count). The molecular weight excluding hydrogens is 190 g/mol. The first-order valence-corrected chi connectivity index (χ1v) is 4.47. The zero-order chi connectivity index (χ0) is 11.3. The third-order valence-corrected chi connectivity index (χ3v) is 1.73. The van der Waals surface area contributed by atoms with Gasteiger partial charge in [0.15, 0.2) is 5.96 Å². The maximum absolute atomic E-state index is 11.1. The lowest BCUT2D eigenvalue weighted by Gasteiger charge is -1.97. The molecule has 0 aromatic heterocycles. The van der Waals surface area contributed by atoms with Gasteiger partial charge in [-0.2, -0.15) is 0 Å². The molecule has 0 heterocycles. The molecule has 0 aliphatic rings. The lowest BCUT2D eigenvalue weighted by atomic mass is 10.1. The number of guanidine groups is 1. The average Bonchev–Trinajstić information content (AvgIpc) is 2.14. The fraction of sp³-hybridized carbons (Fsp3) is 0.0909. The summed E-state index contributed by atoms with van der Waals surface area (Å²) in [5.41, 5.74) is 7.07. The number of carbonyl (C=O) groups is 1. The van der Waals surface area contributed by atoms with Gasteiger partial charge in [-0.25, -0.2) is 0 Å². The second-order valence-corrected chi connectivity index (χ2v) is 3.15. The van der Waals surface area contributed by atoms with Crippen LogP contribution in [-0.4, -0.2) is 11.9 Å². The van der Waals surface area contributed by atoms with Crippen LogP contribution in [0.2, 0.25) is 0 Å². The molecule has 1 aromatic rings. The maximum Gasteiger partial charge on any atom is 0.250 e. The van der Waals surface area contributed by atoms with Gasteiger partial charge in [-0.3, -0.25) is 15.5 Å². The highest BCUT2D eigenvalue weighted by Crippen LogP contribution is 2.05. The minimum atomic E-state index is -0.399. The van der Waals surface area contributed by atoms with Gasteiger partial charge in [-0.1, -0.05) is 29.8 Å². The van der Waals surface area contributed by atoms with E-state index in [-0.39, 0.29) is 5.96 Å². The largest absolute Gasteiger partial charge is 0.370 e. The van der Waals surface area contributed by atoms with Crippen LogP contribution in [0.1, 0.15) is 11.1 Å². The Morgan fingerprint density at radius 1 is 1.53 bits per heavy atom. The molecule has 0 aliphatic carbocycles. The highest BCUT2D eigenvalue weighted by molar-refractivity contribution is 6.02. The van der Waals surface area contributed by atoms with E-state index in [1.165, 1.54) is 6.08 Å². The molecule has 4 nitrogen and oxygen atoms in total. The fourth-order valence-electron chi connectivity index (χ4n) is 1.12. The predicted octanol–water partition coefficient (Wildman–Crippen LogP) is 1.02. The minimum Gasteiger partial charge on any atom is -0.370 e. The van der Waals surface area contributed by atoms with Crippen LogP contribution >= 0.6 is 0 Å². The molecule has 1 aromatic carbocycles. The molecule has 0 bridgehead atoms. The SMILES string of the molecule is Cc1cccc(C=CC(=O)NC(=N)N)c1. The third kappa shape index (κ3) is 4.08. The highest BCUT2D eigenvalue weighted by atomic mass is 16.1. The van der Waals surface area contributed by atoms with Crippen molar-refractivity contribution in [3.8, 4) is 0 Å². The summed E-state index contributed by atoms with van der Waals surface area (Å²) in [6, 6.07) is 7.74. The van der Waals surface area contributed by atoms with E-state index in [4.69, 9.17) is 11.1 Å². The van der Waals surface area contributed by atoms with Gasteiger partial charge in [0.25, 0.3) is 5.91 Å². The Hall–Kier alpha value is -2.10. The van der Waals surface area contributed by atoms with E-state index < -0.39 is 5.91 Å². The van der Waals surface area contributed by atoms with Crippen molar-refractivity contribution >= 4 is 17.9 Å². The minimum absolute atomic E-state index is 0.353. The summed E-state index contributed by atoms with van der Waals surface area (Å²) in [7, 11) is 0. The molecule has 0 radical (unpaired) electrons. The summed E-state index contributed by atoms with van der Waals surface area (Å²) in [5, 5.41) is 9.02. The number of carbonyl (C=O) groups excluding carboxylic acids is 1. The molecule has 4 N–H and O–H groups in total. The zero-order valence-corrected chi connectivity index (χ0v) is 8.45. The quantitative estimate of drug-likeness (QED) is 0.381. The Bertz CT molecular complexity index is 410. The average molecular weight is 203 g/mol. The monoisotopic (exact) mass is 203 g/mol. The lowest BCUT2D eigenvalue weighted by molar-refractivity contribution is -0.115. The zero-order valence-electron chi connectivity index (χ0n) is 8.45. The Morgan fingerprint density at radius 3 is 2.87 bits per heavy atom. The number of amides is 1. The second kappa shape index (κ2) is 4.95. The summed E-state index contributed by atoms with van der Waals surface area (Å²) in [6.07, 6.45) is 3.02. The van der Waals surface area contributed by atoms with Crippen molar-refractivity contribution < 1.29 is 4.79 Å². The first-order valence-electron chi connectivity index (χ1n) is 4.47. The van der Waals surface area contributed by atoms with Crippen LogP contribution in [-0.2, 0) is 4.79 Å². The topological polar surface area (TPSA) is 79.0 Å².